The average Bonchev–Trinajstić information content (AvgIpc) is 3.38. The van der Waals surface area contributed by atoms with E-state index >= 15 is 0 Å². The first-order chi connectivity index (χ1) is 13.6. The average molecular weight is 388 g/mol. The number of ether oxygens (including phenoxy) is 2. The molecule has 0 spiro atoms. The van der Waals surface area contributed by atoms with Crippen LogP contribution in [0, 0.1) is 16.0 Å². The van der Waals surface area contributed by atoms with Crippen molar-refractivity contribution >= 4 is 22.5 Å². The van der Waals surface area contributed by atoms with E-state index in [0.717, 1.165) is 26.1 Å². The van der Waals surface area contributed by atoms with E-state index in [0.29, 0.717) is 48.7 Å². The molecule has 1 aromatic heterocycles. The molecule has 9 nitrogen and oxygen atoms in total. The summed E-state index contributed by atoms with van der Waals surface area (Å²) in [5.74, 6) is 0.145. The van der Waals surface area contributed by atoms with Crippen LogP contribution >= 0.6 is 0 Å². The van der Waals surface area contributed by atoms with Crippen LogP contribution in [0.3, 0.4) is 0 Å². The number of aromatic nitrogens is 1. The predicted molar refractivity (Wildman–Crippen MR) is 102 cm³/mol. The SMILES string of the molecule is O=C(NCC(C1CCOC1)N1CCOCC1)c1c[nH]c2ccc([N+](=O)[O-])cc12. The van der Waals surface area contributed by atoms with Crippen molar-refractivity contribution in [1.29, 1.82) is 0 Å². The number of aromatic amines is 1. The number of morpholine rings is 1. The lowest BCUT2D eigenvalue weighted by molar-refractivity contribution is -0.384. The molecule has 0 bridgehead atoms. The second-order valence-corrected chi connectivity index (χ2v) is 7.24. The number of nitrogens with zero attached hydrogens (tertiary/aromatic N) is 2. The number of benzene rings is 1. The van der Waals surface area contributed by atoms with E-state index < -0.39 is 4.92 Å². The highest BCUT2D eigenvalue weighted by Gasteiger charge is 2.32. The van der Waals surface area contributed by atoms with E-state index in [4.69, 9.17) is 9.47 Å². The van der Waals surface area contributed by atoms with Gasteiger partial charge in [0.2, 0.25) is 0 Å². The Hall–Kier alpha value is -2.49. The zero-order valence-electron chi connectivity index (χ0n) is 15.6. The second-order valence-electron chi connectivity index (χ2n) is 7.24. The molecule has 1 amide bonds. The molecule has 2 aromatic rings. The van der Waals surface area contributed by atoms with Gasteiger partial charge in [-0.2, -0.15) is 0 Å². The minimum absolute atomic E-state index is 0.0320. The van der Waals surface area contributed by atoms with Gasteiger partial charge in [-0.1, -0.05) is 0 Å². The molecule has 2 atom stereocenters. The number of carbonyl (C=O) groups excluding carboxylic acids is 1. The molecule has 28 heavy (non-hydrogen) atoms. The lowest BCUT2D eigenvalue weighted by atomic mass is 9.96. The van der Waals surface area contributed by atoms with Gasteiger partial charge in [0, 0.05) is 67.4 Å². The van der Waals surface area contributed by atoms with Crippen LogP contribution in [0.25, 0.3) is 10.9 Å². The zero-order chi connectivity index (χ0) is 19.5. The molecule has 2 fully saturated rings. The molecule has 0 saturated carbocycles. The maximum Gasteiger partial charge on any atom is 0.270 e. The molecule has 2 aliphatic heterocycles. The summed E-state index contributed by atoms with van der Waals surface area (Å²) in [5.41, 5.74) is 1.09. The smallest absolute Gasteiger partial charge is 0.270 e. The van der Waals surface area contributed by atoms with Crippen LogP contribution < -0.4 is 5.32 Å². The van der Waals surface area contributed by atoms with Crippen LogP contribution in [0.2, 0.25) is 0 Å². The van der Waals surface area contributed by atoms with Crippen LogP contribution in [0.5, 0.6) is 0 Å². The van der Waals surface area contributed by atoms with Crippen molar-refractivity contribution in [2.75, 3.05) is 46.1 Å². The highest BCUT2D eigenvalue weighted by Crippen LogP contribution is 2.25. The molecule has 2 unspecified atom stereocenters. The summed E-state index contributed by atoms with van der Waals surface area (Å²) in [6, 6.07) is 4.67. The van der Waals surface area contributed by atoms with Crippen molar-refractivity contribution in [1.82, 2.24) is 15.2 Å². The zero-order valence-corrected chi connectivity index (χ0v) is 15.6. The molecule has 9 heteroatoms. The van der Waals surface area contributed by atoms with Gasteiger partial charge in [0.15, 0.2) is 0 Å². The molecule has 150 valence electrons. The number of non-ortho nitro benzene ring substituents is 1. The molecule has 4 rings (SSSR count). The van der Waals surface area contributed by atoms with Gasteiger partial charge in [-0.3, -0.25) is 19.8 Å². The Bertz CT molecular complexity index is 855. The number of amides is 1. The summed E-state index contributed by atoms with van der Waals surface area (Å²) in [5, 5.41) is 14.6. The molecule has 2 N–H and O–H groups in total. The summed E-state index contributed by atoms with van der Waals surface area (Å²) in [4.78, 5) is 28.8. The van der Waals surface area contributed by atoms with Gasteiger partial charge in [0.1, 0.15) is 0 Å². The van der Waals surface area contributed by atoms with Gasteiger partial charge in [0.25, 0.3) is 11.6 Å². The van der Waals surface area contributed by atoms with E-state index in [1.165, 1.54) is 12.1 Å². The van der Waals surface area contributed by atoms with Crippen molar-refractivity contribution < 1.29 is 19.2 Å². The third kappa shape index (κ3) is 3.87. The summed E-state index contributed by atoms with van der Waals surface area (Å²) in [7, 11) is 0. The summed E-state index contributed by atoms with van der Waals surface area (Å²) in [6.45, 7) is 5.05. The molecule has 0 radical (unpaired) electrons. The van der Waals surface area contributed by atoms with Gasteiger partial charge in [0.05, 0.1) is 30.3 Å². The normalized spacial score (nSPS) is 21.6. The molecular weight excluding hydrogens is 364 g/mol. The number of H-pyrrole nitrogens is 1. The monoisotopic (exact) mass is 388 g/mol. The van der Waals surface area contributed by atoms with Gasteiger partial charge in [-0.25, -0.2) is 0 Å². The van der Waals surface area contributed by atoms with Crippen LogP contribution in [-0.2, 0) is 9.47 Å². The Morgan fingerprint density at radius 3 is 2.86 bits per heavy atom. The fourth-order valence-electron chi connectivity index (χ4n) is 4.06. The Balaban J connectivity index is 1.49. The molecule has 0 aliphatic carbocycles. The van der Waals surface area contributed by atoms with Crippen LogP contribution in [0.1, 0.15) is 16.8 Å². The fraction of sp³-hybridized carbons (Fsp3) is 0.526. The third-order valence-corrected chi connectivity index (χ3v) is 5.62. The van der Waals surface area contributed by atoms with Crippen molar-refractivity contribution in [2.24, 2.45) is 5.92 Å². The van der Waals surface area contributed by atoms with Gasteiger partial charge in [-0.15, -0.1) is 0 Å². The summed E-state index contributed by atoms with van der Waals surface area (Å²) < 4.78 is 11.0. The Morgan fingerprint density at radius 2 is 2.14 bits per heavy atom. The van der Waals surface area contributed by atoms with E-state index in [-0.39, 0.29) is 17.6 Å². The number of carbonyl (C=O) groups is 1. The first-order valence-corrected chi connectivity index (χ1v) is 9.57. The quantitative estimate of drug-likeness (QED) is 0.574. The number of fused-ring (bicyclic) bond motifs is 1. The third-order valence-electron chi connectivity index (χ3n) is 5.62. The van der Waals surface area contributed by atoms with Gasteiger partial charge >= 0.3 is 0 Å². The first kappa shape index (κ1) is 18.9. The highest BCUT2D eigenvalue weighted by molar-refractivity contribution is 6.07. The van der Waals surface area contributed by atoms with E-state index in [9.17, 15) is 14.9 Å². The van der Waals surface area contributed by atoms with Crippen molar-refractivity contribution in [3.8, 4) is 0 Å². The molecule has 2 saturated heterocycles. The lowest BCUT2D eigenvalue weighted by Crippen LogP contribution is -2.52. The number of nitrogens with one attached hydrogen (secondary N) is 2. The molecule has 2 aliphatic rings. The first-order valence-electron chi connectivity index (χ1n) is 9.57. The minimum Gasteiger partial charge on any atom is -0.381 e. The number of nitro benzene ring substituents is 1. The predicted octanol–water partition coefficient (Wildman–Crippen LogP) is 1.54. The highest BCUT2D eigenvalue weighted by atomic mass is 16.6. The summed E-state index contributed by atoms with van der Waals surface area (Å²) in [6.07, 6.45) is 2.59. The number of rotatable bonds is 6. The van der Waals surface area contributed by atoms with E-state index in [1.807, 2.05) is 0 Å². The van der Waals surface area contributed by atoms with Crippen molar-refractivity contribution in [2.45, 2.75) is 12.5 Å². The molecule has 3 heterocycles. The Morgan fingerprint density at radius 1 is 1.32 bits per heavy atom. The van der Waals surface area contributed by atoms with Crippen molar-refractivity contribution in [3.05, 3.63) is 40.1 Å². The standard InChI is InChI=1S/C19H24N4O5/c24-19(16-10-20-17-2-1-14(23(25)26)9-15(16)17)21-11-18(13-3-6-28-12-13)22-4-7-27-8-5-22/h1-2,9-10,13,18,20H,3-8,11-12H2,(H,21,24). The largest absolute Gasteiger partial charge is 0.381 e. The Labute approximate surface area is 162 Å². The topological polar surface area (TPSA) is 110 Å². The maximum absolute atomic E-state index is 12.8. The van der Waals surface area contributed by atoms with E-state index in [2.05, 4.69) is 15.2 Å². The van der Waals surface area contributed by atoms with E-state index in [1.54, 1.807) is 12.3 Å². The van der Waals surface area contributed by atoms with Crippen LogP contribution in [0.4, 0.5) is 5.69 Å². The maximum atomic E-state index is 12.8. The minimum atomic E-state index is -0.456. The molecular formula is C19H24N4O5. The van der Waals surface area contributed by atoms with Crippen LogP contribution in [0.15, 0.2) is 24.4 Å². The number of hydrogen-bond acceptors (Lipinski definition) is 6. The van der Waals surface area contributed by atoms with Crippen molar-refractivity contribution in [3.63, 3.8) is 0 Å². The van der Waals surface area contributed by atoms with Crippen LogP contribution in [-0.4, -0.2) is 72.8 Å². The van der Waals surface area contributed by atoms with Gasteiger partial charge in [-0.05, 0) is 12.5 Å². The number of nitro groups is 1. The summed E-state index contributed by atoms with van der Waals surface area (Å²) >= 11 is 0. The molecule has 1 aromatic carbocycles. The Kier molecular flexibility index (Phi) is 5.56. The fourth-order valence-corrected chi connectivity index (χ4v) is 4.06. The van der Waals surface area contributed by atoms with Gasteiger partial charge < -0.3 is 19.8 Å². The second kappa shape index (κ2) is 8.26. The lowest BCUT2D eigenvalue weighted by Gasteiger charge is -2.37. The number of hydrogen-bond donors (Lipinski definition) is 2.